The molecule has 2 aromatic carbocycles. The highest BCUT2D eigenvalue weighted by Gasteiger charge is 2.24. The van der Waals surface area contributed by atoms with Gasteiger partial charge in [0.15, 0.2) is 0 Å². The summed E-state index contributed by atoms with van der Waals surface area (Å²) in [5.74, 6) is 0.0276. The molecule has 1 aromatic heterocycles. The van der Waals surface area contributed by atoms with Gasteiger partial charge < -0.3 is 10.2 Å². The highest BCUT2D eigenvalue weighted by Crippen LogP contribution is 2.28. The van der Waals surface area contributed by atoms with Crippen LogP contribution in [0.4, 0.5) is 21.6 Å². The fourth-order valence-corrected chi connectivity index (χ4v) is 3.11. The average molecular weight is 348 g/mol. The maximum absolute atomic E-state index is 13.0. The number of aromatic nitrogens is 2. The van der Waals surface area contributed by atoms with Gasteiger partial charge in [0.25, 0.3) is 5.91 Å². The van der Waals surface area contributed by atoms with Crippen LogP contribution in [0.3, 0.4) is 0 Å². The molecule has 1 amide bonds. The van der Waals surface area contributed by atoms with E-state index >= 15 is 0 Å². The summed E-state index contributed by atoms with van der Waals surface area (Å²) in [4.78, 5) is 23.0. The summed E-state index contributed by atoms with van der Waals surface area (Å²) >= 11 is 0. The summed E-state index contributed by atoms with van der Waals surface area (Å²) in [6, 6.07) is 15.5. The Labute approximate surface area is 150 Å². The van der Waals surface area contributed by atoms with Gasteiger partial charge in [0, 0.05) is 24.0 Å². The highest BCUT2D eigenvalue weighted by molar-refractivity contribution is 6.05. The van der Waals surface area contributed by atoms with Crippen molar-refractivity contribution in [1.82, 2.24) is 9.97 Å². The van der Waals surface area contributed by atoms with Crippen LogP contribution in [0.25, 0.3) is 0 Å². The van der Waals surface area contributed by atoms with E-state index in [0.29, 0.717) is 23.7 Å². The van der Waals surface area contributed by atoms with Crippen LogP contribution in [0.15, 0.2) is 60.9 Å². The molecule has 0 bridgehead atoms. The van der Waals surface area contributed by atoms with E-state index in [0.717, 1.165) is 18.5 Å². The largest absolute Gasteiger partial charge is 0.340 e. The van der Waals surface area contributed by atoms with E-state index in [1.54, 1.807) is 23.1 Å². The molecule has 0 aliphatic carbocycles. The Kier molecular flexibility index (Phi) is 4.31. The van der Waals surface area contributed by atoms with Gasteiger partial charge in [-0.1, -0.05) is 18.2 Å². The number of hydrogen-bond acceptors (Lipinski definition) is 4. The quantitative estimate of drug-likeness (QED) is 0.779. The van der Waals surface area contributed by atoms with Crippen LogP contribution < -0.4 is 10.2 Å². The van der Waals surface area contributed by atoms with Gasteiger partial charge in [-0.25, -0.2) is 14.4 Å². The van der Waals surface area contributed by atoms with Crippen LogP contribution in [0.2, 0.25) is 0 Å². The third kappa shape index (κ3) is 3.26. The minimum Gasteiger partial charge on any atom is -0.340 e. The van der Waals surface area contributed by atoms with E-state index in [1.165, 1.54) is 24.0 Å². The lowest BCUT2D eigenvalue weighted by Gasteiger charge is -2.29. The molecule has 2 heterocycles. The second-order valence-electron chi connectivity index (χ2n) is 6.11. The zero-order valence-electron chi connectivity index (χ0n) is 14.0. The monoisotopic (exact) mass is 348 g/mol. The van der Waals surface area contributed by atoms with E-state index in [-0.39, 0.29) is 11.7 Å². The van der Waals surface area contributed by atoms with Gasteiger partial charge in [0.05, 0.1) is 0 Å². The number of anilines is 3. The first-order valence-electron chi connectivity index (χ1n) is 8.45. The van der Waals surface area contributed by atoms with Crippen molar-refractivity contribution >= 4 is 23.1 Å². The number of amides is 1. The molecule has 1 aliphatic heterocycles. The number of fused-ring (bicyclic) bond motifs is 1. The number of nitrogens with one attached hydrogen (secondary N) is 1. The van der Waals surface area contributed by atoms with E-state index < -0.39 is 0 Å². The smallest absolute Gasteiger partial charge is 0.277 e. The third-order valence-electron chi connectivity index (χ3n) is 4.36. The van der Waals surface area contributed by atoms with Crippen LogP contribution in [0.1, 0.15) is 22.5 Å². The van der Waals surface area contributed by atoms with Crippen LogP contribution in [0.5, 0.6) is 0 Å². The van der Waals surface area contributed by atoms with Gasteiger partial charge in [-0.3, -0.25) is 4.79 Å². The fraction of sp³-hybridized carbons (Fsp3) is 0.150. The number of benzene rings is 2. The molecule has 6 heteroatoms. The molecule has 4 rings (SSSR count). The number of para-hydroxylation sites is 1. The van der Waals surface area contributed by atoms with E-state index in [9.17, 15) is 9.18 Å². The van der Waals surface area contributed by atoms with Gasteiger partial charge in [0.1, 0.15) is 23.7 Å². The number of carbonyl (C=O) groups is 1. The normalized spacial score (nSPS) is 13.2. The van der Waals surface area contributed by atoms with E-state index in [2.05, 4.69) is 21.4 Å². The van der Waals surface area contributed by atoms with Crippen molar-refractivity contribution in [3.8, 4) is 0 Å². The lowest BCUT2D eigenvalue weighted by molar-refractivity contribution is 0.0980. The molecule has 0 spiro atoms. The van der Waals surface area contributed by atoms with Crippen LogP contribution in [0, 0.1) is 5.82 Å². The first kappa shape index (κ1) is 16.2. The summed E-state index contributed by atoms with van der Waals surface area (Å²) in [7, 11) is 0. The SMILES string of the molecule is O=C(c1cc(Nc2ccc(F)cc2)ncn1)N1CCCc2ccccc21. The molecule has 1 aliphatic rings. The third-order valence-corrected chi connectivity index (χ3v) is 4.36. The Hall–Kier alpha value is -3.28. The van der Waals surface area contributed by atoms with Gasteiger partial charge in [-0.2, -0.15) is 0 Å². The van der Waals surface area contributed by atoms with Crippen molar-refractivity contribution in [3.05, 3.63) is 78.0 Å². The first-order valence-corrected chi connectivity index (χ1v) is 8.45. The van der Waals surface area contributed by atoms with Crippen LogP contribution in [-0.2, 0) is 6.42 Å². The van der Waals surface area contributed by atoms with Gasteiger partial charge in [0.2, 0.25) is 0 Å². The van der Waals surface area contributed by atoms with Crippen LogP contribution in [-0.4, -0.2) is 22.4 Å². The average Bonchev–Trinajstić information content (AvgIpc) is 2.69. The Bertz CT molecular complexity index is 943. The first-order chi connectivity index (χ1) is 12.7. The molecule has 0 radical (unpaired) electrons. The molecule has 0 saturated carbocycles. The van der Waals surface area contributed by atoms with Crippen molar-refractivity contribution in [2.75, 3.05) is 16.8 Å². The number of hydrogen-bond donors (Lipinski definition) is 1. The van der Waals surface area contributed by atoms with Crippen molar-refractivity contribution in [1.29, 1.82) is 0 Å². The van der Waals surface area contributed by atoms with Crippen molar-refractivity contribution in [2.45, 2.75) is 12.8 Å². The van der Waals surface area contributed by atoms with Gasteiger partial charge in [-0.15, -0.1) is 0 Å². The van der Waals surface area contributed by atoms with E-state index in [1.807, 2.05) is 18.2 Å². The molecule has 0 unspecified atom stereocenters. The summed E-state index contributed by atoms with van der Waals surface area (Å²) in [5, 5.41) is 3.06. The summed E-state index contributed by atoms with van der Waals surface area (Å²) < 4.78 is 13.0. The lowest BCUT2D eigenvalue weighted by Crippen LogP contribution is -2.36. The Balaban J connectivity index is 1.59. The maximum atomic E-state index is 13.0. The van der Waals surface area contributed by atoms with Crippen molar-refractivity contribution in [3.63, 3.8) is 0 Å². The molecule has 1 N–H and O–H groups in total. The summed E-state index contributed by atoms with van der Waals surface area (Å²) in [5.41, 5.74) is 3.12. The molecule has 130 valence electrons. The summed E-state index contributed by atoms with van der Waals surface area (Å²) in [6.45, 7) is 0.667. The van der Waals surface area contributed by atoms with Crippen LogP contribution >= 0.6 is 0 Å². The Morgan fingerprint density at radius 1 is 1.08 bits per heavy atom. The molecule has 0 atom stereocenters. The molecule has 0 fully saturated rings. The molecule has 5 nitrogen and oxygen atoms in total. The summed E-state index contributed by atoms with van der Waals surface area (Å²) in [6.07, 6.45) is 3.25. The van der Waals surface area contributed by atoms with Crippen molar-refractivity contribution in [2.24, 2.45) is 0 Å². The molecular formula is C20H17FN4O. The lowest BCUT2D eigenvalue weighted by atomic mass is 10.0. The molecule has 26 heavy (non-hydrogen) atoms. The number of halogens is 1. The minimum absolute atomic E-state index is 0.151. The number of carbonyl (C=O) groups excluding carboxylic acids is 1. The Morgan fingerprint density at radius 3 is 2.73 bits per heavy atom. The molecule has 0 saturated heterocycles. The number of rotatable bonds is 3. The zero-order chi connectivity index (χ0) is 17.9. The van der Waals surface area contributed by atoms with Gasteiger partial charge in [-0.05, 0) is 48.7 Å². The minimum atomic E-state index is -0.308. The fourth-order valence-electron chi connectivity index (χ4n) is 3.11. The predicted octanol–water partition coefficient (Wildman–Crippen LogP) is 3.95. The predicted molar refractivity (Wildman–Crippen MR) is 98.2 cm³/mol. The Morgan fingerprint density at radius 2 is 1.88 bits per heavy atom. The molecular weight excluding hydrogens is 331 g/mol. The second-order valence-corrected chi connectivity index (χ2v) is 6.11. The number of aryl methyl sites for hydroxylation is 1. The zero-order valence-corrected chi connectivity index (χ0v) is 14.0. The van der Waals surface area contributed by atoms with Crippen molar-refractivity contribution < 1.29 is 9.18 Å². The highest BCUT2D eigenvalue weighted by atomic mass is 19.1. The van der Waals surface area contributed by atoms with Gasteiger partial charge >= 0.3 is 0 Å². The molecule has 3 aromatic rings. The number of nitrogens with zero attached hydrogens (tertiary/aromatic N) is 3. The topological polar surface area (TPSA) is 58.1 Å². The van der Waals surface area contributed by atoms with E-state index in [4.69, 9.17) is 0 Å². The second kappa shape index (κ2) is 6.92. The standard InChI is InChI=1S/C20H17FN4O/c21-15-7-9-16(10-8-15)24-19-12-17(22-13-23-19)20(26)25-11-3-5-14-4-1-2-6-18(14)25/h1-2,4,6-10,12-13H,3,5,11H2,(H,22,23,24). The maximum Gasteiger partial charge on any atom is 0.277 e.